The molecule has 1 aliphatic carbocycles. The Morgan fingerprint density at radius 1 is 1.60 bits per heavy atom. The summed E-state index contributed by atoms with van der Waals surface area (Å²) in [4.78, 5) is 14.2. The summed E-state index contributed by atoms with van der Waals surface area (Å²) in [7, 11) is 1.54. The van der Waals surface area contributed by atoms with Gasteiger partial charge in [-0.05, 0) is 49.0 Å². The van der Waals surface area contributed by atoms with Crippen molar-refractivity contribution < 1.29 is 14.3 Å². The fourth-order valence-corrected chi connectivity index (χ4v) is 4.05. The van der Waals surface area contributed by atoms with Crippen LogP contribution < -0.4 is 4.74 Å². The fraction of sp³-hybridized carbons (Fsp3) is 0.500. The Morgan fingerprint density at radius 3 is 3.16 bits per heavy atom. The van der Waals surface area contributed by atoms with Gasteiger partial charge in [-0.2, -0.15) is 5.26 Å². The summed E-state index contributed by atoms with van der Waals surface area (Å²) in [6.45, 7) is 5.44. The largest absolute Gasteiger partial charge is 0.495 e. The Morgan fingerprint density at radius 2 is 2.44 bits per heavy atom. The van der Waals surface area contributed by atoms with Crippen molar-refractivity contribution in [3.63, 3.8) is 0 Å². The smallest absolute Gasteiger partial charge is 0.246 e. The van der Waals surface area contributed by atoms with Gasteiger partial charge in [0.1, 0.15) is 11.8 Å². The summed E-state index contributed by atoms with van der Waals surface area (Å²) >= 11 is 0. The minimum absolute atomic E-state index is 0.110. The molecule has 132 valence electrons. The predicted molar refractivity (Wildman–Crippen MR) is 94.0 cm³/mol. The minimum Gasteiger partial charge on any atom is -0.495 e. The van der Waals surface area contributed by atoms with E-state index in [1.165, 1.54) is 12.5 Å². The third kappa shape index (κ3) is 3.69. The van der Waals surface area contributed by atoms with Gasteiger partial charge in [-0.3, -0.25) is 4.79 Å². The number of nitrogens with zero attached hydrogens (tertiary/aromatic N) is 2. The molecule has 2 bridgehead atoms. The molecular weight excluding hydrogens is 316 g/mol. The van der Waals surface area contributed by atoms with E-state index in [2.05, 4.69) is 12.6 Å². The van der Waals surface area contributed by atoms with Gasteiger partial charge in [0.15, 0.2) is 0 Å². The SMILES string of the molecule is C=CC(=O)N(Cc1ccc(OC)c(C#N)c1)CC12CCCC(CO1)C2. The van der Waals surface area contributed by atoms with Crippen molar-refractivity contribution in [3.8, 4) is 11.8 Å². The average molecular weight is 340 g/mol. The van der Waals surface area contributed by atoms with Crippen molar-refractivity contribution in [1.82, 2.24) is 4.90 Å². The van der Waals surface area contributed by atoms with Crippen LogP contribution in [0.4, 0.5) is 0 Å². The van der Waals surface area contributed by atoms with Crippen LogP contribution in [0, 0.1) is 17.2 Å². The van der Waals surface area contributed by atoms with Gasteiger partial charge in [0, 0.05) is 6.54 Å². The Bertz CT molecular complexity index is 705. The number of carbonyl (C=O) groups excluding carboxylic acids is 1. The molecule has 2 fully saturated rings. The van der Waals surface area contributed by atoms with Crippen molar-refractivity contribution in [2.24, 2.45) is 5.92 Å². The van der Waals surface area contributed by atoms with Crippen molar-refractivity contribution in [3.05, 3.63) is 42.0 Å². The van der Waals surface area contributed by atoms with Crippen molar-refractivity contribution in [1.29, 1.82) is 5.26 Å². The zero-order valence-corrected chi connectivity index (χ0v) is 14.7. The van der Waals surface area contributed by atoms with Crippen molar-refractivity contribution in [2.75, 3.05) is 20.3 Å². The molecule has 5 nitrogen and oxygen atoms in total. The topological polar surface area (TPSA) is 62.6 Å². The van der Waals surface area contributed by atoms with E-state index in [4.69, 9.17) is 9.47 Å². The highest BCUT2D eigenvalue weighted by Crippen LogP contribution is 2.42. The Hall–Kier alpha value is -2.32. The van der Waals surface area contributed by atoms with E-state index in [0.29, 0.717) is 30.3 Å². The van der Waals surface area contributed by atoms with Gasteiger partial charge in [-0.15, -0.1) is 0 Å². The van der Waals surface area contributed by atoms with E-state index in [1.807, 2.05) is 6.07 Å². The van der Waals surface area contributed by atoms with Gasteiger partial charge in [-0.25, -0.2) is 0 Å². The molecule has 1 heterocycles. The first-order chi connectivity index (χ1) is 12.1. The van der Waals surface area contributed by atoms with E-state index in [-0.39, 0.29) is 11.5 Å². The second-order valence-corrected chi connectivity index (χ2v) is 7.00. The molecule has 1 aromatic rings. The minimum atomic E-state index is -0.216. The maximum atomic E-state index is 12.4. The number of hydrogen-bond donors (Lipinski definition) is 0. The molecule has 3 rings (SSSR count). The molecule has 1 saturated carbocycles. The molecule has 1 amide bonds. The first-order valence-corrected chi connectivity index (χ1v) is 8.71. The summed E-state index contributed by atoms with van der Waals surface area (Å²) in [5, 5.41) is 9.26. The molecule has 0 aromatic heterocycles. The predicted octanol–water partition coefficient (Wildman–Crippen LogP) is 3.04. The quantitative estimate of drug-likeness (QED) is 0.747. The van der Waals surface area contributed by atoms with E-state index >= 15 is 0 Å². The van der Waals surface area contributed by atoms with Crippen LogP contribution in [0.2, 0.25) is 0 Å². The Labute approximate surface area is 148 Å². The first kappa shape index (κ1) is 17.5. The lowest BCUT2D eigenvalue weighted by Gasteiger charge is -2.36. The van der Waals surface area contributed by atoms with Gasteiger partial charge in [0.2, 0.25) is 5.91 Å². The molecule has 25 heavy (non-hydrogen) atoms. The highest BCUT2D eigenvalue weighted by molar-refractivity contribution is 5.87. The number of ether oxygens (including phenoxy) is 2. The van der Waals surface area contributed by atoms with Gasteiger partial charge < -0.3 is 14.4 Å². The molecular formula is C20H24N2O3. The van der Waals surface area contributed by atoms with E-state index in [1.54, 1.807) is 24.1 Å². The number of nitriles is 1. The average Bonchev–Trinajstić information content (AvgIpc) is 2.93. The maximum Gasteiger partial charge on any atom is 0.246 e. The third-order valence-corrected chi connectivity index (χ3v) is 5.25. The Balaban J connectivity index is 1.79. The monoisotopic (exact) mass is 340 g/mol. The Kier molecular flexibility index (Phi) is 5.10. The van der Waals surface area contributed by atoms with E-state index < -0.39 is 0 Å². The van der Waals surface area contributed by atoms with Crippen LogP contribution in [0.25, 0.3) is 0 Å². The number of carbonyl (C=O) groups is 1. The van der Waals surface area contributed by atoms with E-state index in [9.17, 15) is 10.1 Å². The van der Waals surface area contributed by atoms with Crippen molar-refractivity contribution >= 4 is 5.91 Å². The van der Waals surface area contributed by atoms with Gasteiger partial charge in [-0.1, -0.05) is 19.1 Å². The highest BCUT2D eigenvalue weighted by Gasteiger charge is 2.44. The maximum absolute atomic E-state index is 12.4. The molecule has 2 unspecified atom stereocenters. The number of methoxy groups -OCH3 is 1. The second-order valence-electron chi connectivity index (χ2n) is 7.00. The number of benzene rings is 1. The highest BCUT2D eigenvalue weighted by atomic mass is 16.5. The summed E-state index contributed by atoms with van der Waals surface area (Å²) < 4.78 is 11.3. The van der Waals surface area contributed by atoms with Crippen molar-refractivity contribution in [2.45, 2.75) is 37.8 Å². The van der Waals surface area contributed by atoms with Crippen LogP contribution in [0.3, 0.4) is 0 Å². The van der Waals surface area contributed by atoms with Gasteiger partial charge in [0.05, 0.1) is 31.4 Å². The van der Waals surface area contributed by atoms with E-state index in [0.717, 1.165) is 31.4 Å². The molecule has 1 aromatic carbocycles. The zero-order chi connectivity index (χ0) is 17.9. The van der Waals surface area contributed by atoms with Crippen LogP contribution in [-0.2, 0) is 16.1 Å². The summed E-state index contributed by atoms with van der Waals surface area (Å²) in [6, 6.07) is 7.57. The molecule has 0 radical (unpaired) electrons. The standard InChI is InChI=1S/C20H24N2O3/c1-3-19(23)22(14-20-8-4-5-16(10-20)13-25-20)12-15-6-7-18(24-2)17(9-15)11-21/h3,6-7,9,16H,1,4-5,8,10,12-14H2,2H3. The fourth-order valence-electron chi connectivity index (χ4n) is 4.05. The number of rotatable bonds is 6. The van der Waals surface area contributed by atoms with Gasteiger partial charge >= 0.3 is 0 Å². The number of fused-ring (bicyclic) bond motifs is 2. The first-order valence-electron chi connectivity index (χ1n) is 8.71. The number of hydrogen-bond acceptors (Lipinski definition) is 4. The van der Waals surface area contributed by atoms with Gasteiger partial charge in [0.25, 0.3) is 0 Å². The molecule has 0 spiro atoms. The third-order valence-electron chi connectivity index (χ3n) is 5.25. The lowest BCUT2D eigenvalue weighted by atomic mass is 9.81. The lowest BCUT2D eigenvalue weighted by Crippen LogP contribution is -2.45. The molecule has 1 aliphatic heterocycles. The molecule has 2 atom stereocenters. The lowest BCUT2D eigenvalue weighted by molar-refractivity contribution is -0.131. The zero-order valence-electron chi connectivity index (χ0n) is 14.7. The molecule has 2 aliphatic rings. The van der Waals surface area contributed by atoms with Crippen LogP contribution in [0.15, 0.2) is 30.9 Å². The number of amides is 1. The summed E-state index contributed by atoms with van der Waals surface area (Å²) in [5.41, 5.74) is 1.15. The summed E-state index contributed by atoms with van der Waals surface area (Å²) in [5.74, 6) is 1.06. The second kappa shape index (κ2) is 7.28. The van der Waals surface area contributed by atoms with Crippen LogP contribution >= 0.6 is 0 Å². The molecule has 0 N–H and O–H groups in total. The van der Waals surface area contributed by atoms with Crippen LogP contribution in [0.5, 0.6) is 5.75 Å². The van der Waals surface area contributed by atoms with Crippen LogP contribution in [0.1, 0.15) is 36.8 Å². The van der Waals surface area contributed by atoms with Crippen LogP contribution in [-0.4, -0.2) is 36.7 Å². The molecule has 5 heteroatoms. The summed E-state index contributed by atoms with van der Waals surface area (Å²) in [6.07, 6.45) is 5.75. The molecule has 1 saturated heterocycles. The normalized spacial score (nSPS) is 24.4.